The van der Waals surface area contributed by atoms with Crippen LogP contribution in [0.5, 0.6) is 0 Å². The zero-order chi connectivity index (χ0) is 14.0. The predicted molar refractivity (Wildman–Crippen MR) is 70.0 cm³/mol. The van der Waals surface area contributed by atoms with Gasteiger partial charge in [-0.25, -0.2) is 9.18 Å². The third kappa shape index (κ3) is 2.71. The first-order valence-electron chi connectivity index (χ1n) is 6.45. The molecule has 1 aromatic carbocycles. The largest absolute Gasteiger partial charge is 0.478 e. The molecule has 0 amide bonds. The molecule has 0 spiro atoms. The molecule has 1 aliphatic carbocycles. The van der Waals surface area contributed by atoms with Crippen molar-refractivity contribution < 1.29 is 19.4 Å². The first kappa shape index (κ1) is 13.8. The van der Waals surface area contributed by atoms with Crippen molar-refractivity contribution >= 4 is 11.7 Å². The van der Waals surface area contributed by atoms with Crippen molar-refractivity contribution in [2.24, 2.45) is 0 Å². The van der Waals surface area contributed by atoms with Crippen LogP contribution < -0.4 is 4.90 Å². The van der Waals surface area contributed by atoms with Crippen molar-refractivity contribution in [3.63, 3.8) is 0 Å². The van der Waals surface area contributed by atoms with Crippen LogP contribution in [0.2, 0.25) is 0 Å². The molecule has 19 heavy (non-hydrogen) atoms. The zero-order valence-electron chi connectivity index (χ0n) is 10.8. The maximum Gasteiger partial charge on any atom is 0.337 e. The van der Waals surface area contributed by atoms with E-state index in [1.807, 2.05) is 0 Å². The molecule has 0 bridgehead atoms. The lowest BCUT2D eigenvalue weighted by Gasteiger charge is -2.37. The van der Waals surface area contributed by atoms with Crippen molar-refractivity contribution in [2.75, 3.05) is 11.9 Å². The van der Waals surface area contributed by atoms with E-state index in [1.165, 1.54) is 18.2 Å². The Morgan fingerprint density at radius 3 is 2.68 bits per heavy atom. The monoisotopic (exact) mass is 267 g/mol. The molecule has 0 saturated heterocycles. The van der Waals surface area contributed by atoms with Gasteiger partial charge in [-0.2, -0.15) is 0 Å². The van der Waals surface area contributed by atoms with Crippen molar-refractivity contribution in [3.8, 4) is 0 Å². The van der Waals surface area contributed by atoms with Gasteiger partial charge in [0.1, 0.15) is 5.82 Å². The zero-order valence-corrected chi connectivity index (χ0v) is 10.8. The number of halogens is 1. The van der Waals surface area contributed by atoms with Crippen LogP contribution >= 0.6 is 0 Å². The van der Waals surface area contributed by atoms with Gasteiger partial charge in [-0.3, -0.25) is 0 Å². The van der Waals surface area contributed by atoms with Crippen LogP contribution in [0.15, 0.2) is 18.2 Å². The standard InChI is InChI=1S/C14H18FNO3/c1-16(11-7-2-3-8-12(11)17)13-9(14(18)19)5-4-6-10(13)15/h4-6,11-12,17H,2-3,7-8H2,1H3,(H,18,19). The van der Waals surface area contributed by atoms with E-state index in [-0.39, 0.29) is 17.3 Å². The molecule has 2 atom stereocenters. The van der Waals surface area contributed by atoms with Crippen LogP contribution in [-0.4, -0.2) is 35.4 Å². The van der Waals surface area contributed by atoms with Gasteiger partial charge in [0.25, 0.3) is 0 Å². The molecular formula is C14H18FNO3. The quantitative estimate of drug-likeness (QED) is 0.882. The van der Waals surface area contributed by atoms with Crippen LogP contribution in [0, 0.1) is 5.82 Å². The van der Waals surface area contributed by atoms with E-state index in [1.54, 1.807) is 11.9 Å². The van der Waals surface area contributed by atoms with E-state index >= 15 is 0 Å². The number of hydrogen-bond acceptors (Lipinski definition) is 3. The van der Waals surface area contributed by atoms with Crippen LogP contribution in [0.1, 0.15) is 36.0 Å². The lowest BCUT2D eigenvalue weighted by molar-refractivity contribution is 0.0695. The highest BCUT2D eigenvalue weighted by molar-refractivity contribution is 5.94. The molecule has 0 aromatic heterocycles. The van der Waals surface area contributed by atoms with Crippen molar-refractivity contribution in [1.82, 2.24) is 0 Å². The summed E-state index contributed by atoms with van der Waals surface area (Å²) in [5, 5.41) is 19.2. The summed E-state index contributed by atoms with van der Waals surface area (Å²) >= 11 is 0. The second kappa shape index (κ2) is 5.57. The molecule has 0 aliphatic heterocycles. The molecule has 4 nitrogen and oxygen atoms in total. The first-order chi connectivity index (χ1) is 9.02. The third-order valence-electron chi connectivity index (χ3n) is 3.76. The van der Waals surface area contributed by atoms with E-state index < -0.39 is 17.9 Å². The average Bonchev–Trinajstić information content (AvgIpc) is 2.38. The predicted octanol–water partition coefficient (Wildman–Crippen LogP) is 2.26. The average molecular weight is 267 g/mol. The summed E-state index contributed by atoms with van der Waals surface area (Å²) in [4.78, 5) is 12.8. The number of rotatable bonds is 3. The van der Waals surface area contributed by atoms with Gasteiger partial charge in [0, 0.05) is 7.05 Å². The summed E-state index contributed by atoms with van der Waals surface area (Å²) in [5.41, 5.74) is -0.0128. The van der Waals surface area contributed by atoms with E-state index in [0.717, 1.165) is 19.3 Å². The highest BCUT2D eigenvalue weighted by atomic mass is 19.1. The fraction of sp³-hybridized carbons (Fsp3) is 0.500. The molecular weight excluding hydrogens is 249 g/mol. The molecule has 1 saturated carbocycles. The van der Waals surface area contributed by atoms with Crippen LogP contribution in [0.4, 0.5) is 10.1 Å². The Bertz CT molecular complexity index is 478. The topological polar surface area (TPSA) is 60.8 Å². The molecule has 1 fully saturated rings. The number of hydrogen-bond donors (Lipinski definition) is 2. The molecule has 104 valence electrons. The van der Waals surface area contributed by atoms with Crippen molar-refractivity contribution in [2.45, 2.75) is 37.8 Å². The summed E-state index contributed by atoms with van der Waals surface area (Å²) < 4.78 is 14.0. The summed E-state index contributed by atoms with van der Waals surface area (Å²) in [5.74, 6) is -1.73. The smallest absolute Gasteiger partial charge is 0.337 e. The van der Waals surface area contributed by atoms with Gasteiger partial charge in [0.15, 0.2) is 0 Å². The van der Waals surface area contributed by atoms with Gasteiger partial charge in [0.05, 0.1) is 23.4 Å². The van der Waals surface area contributed by atoms with Crippen molar-refractivity contribution in [3.05, 3.63) is 29.6 Å². The first-order valence-corrected chi connectivity index (χ1v) is 6.45. The Morgan fingerprint density at radius 2 is 2.05 bits per heavy atom. The maximum atomic E-state index is 14.0. The van der Waals surface area contributed by atoms with Gasteiger partial charge >= 0.3 is 5.97 Å². The highest BCUT2D eigenvalue weighted by Gasteiger charge is 2.30. The molecule has 0 heterocycles. The minimum atomic E-state index is -1.16. The third-order valence-corrected chi connectivity index (χ3v) is 3.76. The second-order valence-corrected chi connectivity index (χ2v) is 4.97. The van der Waals surface area contributed by atoms with Gasteiger partial charge < -0.3 is 15.1 Å². The second-order valence-electron chi connectivity index (χ2n) is 4.97. The van der Waals surface area contributed by atoms with Gasteiger partial charge in [-0.15, -0.1) is 0 Å². The van der Waals surface area contributed by atoms with Crippen LogP contribution in [-0.2, 0) is 0 Å². The molecule has 2 N–H and O–H groups in total. The summed E-state index contributed by atoms with van der Waals surface area (Å²) in [6.07, 6.45) is 2.79. The number of aromatic carboxylic acids is 1. The molecule has 2 unspecified atom stereocenters. The van der Waals surface area contributed by atoms with E-state index in [4.69, 9.17) is 5.11 Å². The number of benzene rings is 1. The fourth-order valence-electron chi connectivity index (χ4n) is 2.76. The number of carbonyl (C=O) groups is 1. The van der Waals surface area contributed by atoms with E-state index in [0.29, 0.717) is 6.42 Å². The van der Waals surface area contributed by atoms with E-state index in [9.17, 15) is 14.3 Å². The van der Waals surface area contributed by atoms with Crippen LogP contribution in [0.3, 0.4) is 0 Å². The SMILES string of the molecule is CN(c1c(F)cccc1C(=O)O)C1CCCCC1O. The molecule has 5 heteroatoms. The number of anilines is 1. The minimum Gasteiger partial charge on any atom is -0.478 e. The number of nitrogens with zero attached hydrogens (tertiary/aromatic N) is 1. The number of aliphatic hydroxyl groups is 1. The Labute approximate surface area is 111 Å². The lowest BCUT2D eigenvalue weighted by atomic mass is 9.91. The Hall–Kier alpha value is -1.62. The van der Waals surface area contributed by atoms with Crippen molar-refractivity contribution in [1.29, 1.82) is 0 Å². The molecule has 1 aromatic rings. The number of likely N-dealkylation sites (N-methyl/N-ethyl adjacent to an activating group) is 1. The van der Waals surface area contributed by atoms with Gasteiger partial charge in [0.2, 0.25) is 0 Å². The van der Waals surface area contributed by atoms with E-state index in [2.05, 4.69) is 0 Å². The maximum absolute atomic E-state index is 14.0. The Kier molecular flexibility index (Phi) is 4.04. The molecule has 0 radical (unpaired) electrons. The van der Waals surface area contributed by atoms with Gasteiger partial charge in [-0.1, -0.05) is 18.9 Å². The fourth-order valence-corrected chi connectivity index (χ4v) is 2.76. The number of carboxylic acids is 1. The molecule has 1 aliphatic rings. The summed E-state index contributed by atoms with van der Waals surface area (Å²) in [6.45, 7) is 0. The normalized spacial score (nSPS) is 23.1. The number of aliphatic hydroxyl groups excluding tert-OH is 1. The Balaban J connectivity index is 2.37. The highest BCUT2D eigenvalue weighted by Crippen LogP contribution is 2.30. The Morgan fingerprint density at radius 1 is 1.37 bits per heavy atom. The summed E-state index contributed by atoms with van der Waals surface area (Å²) in [6, 6.07) is 3.77. The van der Waals surface area contributed by atoms with Crippen LogP contribution in [0.25, 0.3) is 0 Å². The lowest BCUT2D eigenvalue weighted by Crippen LogP contribution is -2.44. The number of para-hydroxylation sites is 1. The summed E-state index contributed by atoms with van der Waals surface area (Å²) in [7, 11) is 1.64. The molecule has 2 rings (SSSR count). The minimum absolute atomic E-state index is 0.0564. The van der Waals surface area contributed by atoms with Gasteiger partial charge in [-0.05, 0) is 25.0 Å². The number of carboxylic acid groups (broad SMARTS) is 1.